The van der Waals surface area contributed by atoms with Crippen molar-refractivity contribution in [2.45, 2.75) is 71.4 Å². The van der Waals surface area contributed by atoms with Crippen LogP contribution in [0.15, 0.2) is 12.1 Å². The van der Waals surface area contributed by atoms with Crippen LogP contribution in [0.3, 0.4) is 0 Å². The number of ether oxygens (including phenoxy) is 1. The first-order chi connectivity index (χ1) is 18.8. The summed E-state index contributed by atoms with van der Waals surface area (Å²) >= 11 is 0. The molecule has 5 heterocycles. The fourth-order valence-electron chi connectivity index (χ4n) is 6.67. The number of amides is 2. The van der Waals surface area contributed by atoms with Crippen molar-refractivity contribution in [2.24, 2.45) is 5.92 Å². The molecule has 1 aromatic heterocycles. The number of rotatable bonds is 4. The lowest BCUT2D eigenvalue weighted by Gasteiger charge is -2.33. The van der Waals surface area contributed by atoms with Gasteiger partial charge in [-0.3, -0.25) is 14.3 Å². The van der Waals surface area contributed by atoms with Crippen molar-refractivity contribution in [2.75, 3.05) is 44.3 Å². The molecule has 0 spiro atoms. The summed E-state index contributed by atoms with van der Waals surface area (Å²) in [5.41, 5.74) is 3.63. The van der Waals surface area contributed by atoms with E-state index in [9.17, 15) is 18.4 Å². The number of anilines is 2. The fraction of sp³-hybridized carbons (Fsp3) is 0.621. The molecule has 0 saturated carbocycles. The van der Waals surface area contributed by atoms with Crippen LogP contribution in [0.2, 0.25) is 0 Å². The number of carbonyl (C=O) groups excluding carboxylic acids is 2. The van der Waals surface area contributed by atoms with Crippen molar-refractivity contribution in [3.63, 3.8) is 0 Å². The van der Waals surface area contributed by atoms with Gasteiger partial charge in [-0.05, 0) is 55.7 Å². The SMILES string of the molecule is CC(=O)N1CCc2c(c(N3CCCc4cc(C(=O)N5CCC(C)C5)c(C(F)F)cc43)nn2C2CCOCC2)C1. The van der Waals surface area contributed by atoms with E-state index >= 15 is 0 Å². The van der Waals surface area contributed by atoms with Crippen molar-refractivity contribution in [1.82, 2.24) is 19.6 Å². The van der Waals surface area contributed by atoms with E-state index in [4.69, 9.17) is 9.84 Å². The summed E-state index contributed by atoms with van der Waals surface area (Å²) in [6.45, 7) is 7.99. The lowest BCUT2D eigenvalue weighted by molar-refractivity contribution is -0.129. The first-order valence-electron chi connectivity index (χ1n) is 14.3. The second kappa shape index (κ2) is 10.5. The van der Waals surface area contributed by atoms with Crippen LogP contribution in [0.4, 0.5) is 20.3 Å². The highest BCUT2D eigenvalue weighted by Gasteiger charge is 2.35. The Kier molecular flexibility index (Phi) is 7.07. The molecule has 1 aromatic carbocycles. The van der Waals surface area contributed by atoms with E-state index in [1.165, 1.54) is 6.07 Å². The van der Waals surface area contributed by atoms with Gasteiger partial charge in [0.15, 0.2) is 5.82 Å². The van der Waals surface area contributed by atoms with E-state index in [1.54, 1.807) is 17.9 Å². The van der Waals surface area contributed by atoms with Crippen LogP contribution < -0.4 is 4.90 Å². The molecule has 4 aliphatic rings. The summed E-state index contributed by atoms with van der Waals surface area (Å²) in [5.74, 6) is 0.844. The fourth-order valence-corrected chi connectivity index (χ4v) is 6.67. The van der Waals surface area contributed by atoms with Gasteiger partial charge in [0.25, 0.3) is 12.3 Å². The van der Waals surface area contributed by atoms with Crippen molar-refractivity contribution in [3.8, 4) is 0 Å². The van der Waals surface area contributed by atoms with Gasteiger partial charge >= 0.3 is 0 Å². The van der Waals surface area contributed by atoms with E-state index in [2.05, 4.69) is 16.5 Å². The summed E-state index contributed by atoms with van der Waals surface area (Å²) in [4.78, 5) is 31.2. The van der Waals surface area contributed by atoms with Gasteiger partial charge in [0, 0.05) is 80.8 Å². The zero-order valence-electron chi connectivity index (χ0n) is 22.8. The summed E-state index contributed by atoms with van der Waals surface area (Å²) in [5, 5.41) is 5.12. The number of fused-ring (bicyclic) bond motifs is 2. The maximum atomic E-state index is 14.4. The first kappa shape index (κ1) is 26.2. The highest BCUT2D eigenvalue weighted by molar-refractivity contribution is 5.97. The Morgan fingerprint density at radius 3 is 2.54 bits per heavy atom. The van der Waals surface area contributed by atoms with Gasteiger partial charge in [-0.15, -0.1) is 0 Å². The molecule has 2 amide bonds. The first-order valence-corrected chi connectivity index (χ1v) is 14.3. The van der Waals surface area contributed by atoms with Gasteiger partial charge in [0.05, 0.1) is 12.6 Å². The van der Waals surface area contributed by atoms with Gasteiger partial charge in [-0.2, -0.15) is 5.10 Å². The van der Waals surface area contributed by atoms with Gasteiger partial charge in [0.2, 0.25) is 5.91 Å². The Bertz CT molecular complexity index is 1270. The Balaban J connectivity index is 1.42. The van der Waals surface area contributed by atoms with E-state index in [0.717, 1.165) is 48.3 Å². The van der Waals surface area contributed by atoms with Crippen molar-refractivity contribution >= 4 is 23.3 Å². The molecule has 0 N–H and O–H groups in total. The van der Waals surface area contributed by atoms with E-state index in [1.807, 2.05) is 4.90 Å². The van der Waals surface area contributed by atoms with Crippen LogP contribution in [0.25, 0.3) is 0 Å². The van der Waals surface area contributed by atoms with Gasteiger partial charge < -0.3 is 19.4 Å². The number of nitrogens with zero attached hydrogens (tertiary/aromatic N) is 5. The molecule has 0 bridgehead atoms. The molecule has 1 atom stereocenters. The maximum Gasteiger partial charge on any atom is 0.264 e. The normalized spacial score (nSPS) is 21.9. The van der Waals surface area contributed by atoms with Gasteiger partial charge in [-0.25, -0.2) is 8.78 Å². The van der Waals surface area contributed by atoms with Crippen LogP contribution >= 0.6 is 0 Å². The highest BCUT2D eigenvalue weighted by atomic mass is 19.3. The Morgan fingerprint density at radius 2 is 1.85 bits per heavy atom. The van der Waals surface area contributed by atoms with Gasteiger partial charge in [-0.1, -0.05) is 6.92 Å². The largest absolute Gasteiger partial charge is 0.381 e. The quantitative estimate of drug-likeness (QED) is 0.564. The number of hydrogen-bond donors (Lipinski definition) is 0. The molecule has 39 heavy (non-hydrogen) atoms. The third-order valence-electron chi connectivity index (χ3n) is 8.85. The second-order valence-corrected chi connectivity index (χ2v) is 11.5. The Labute approximate surface area is 227 Å². The second-order valence-electron chi connectivity index (χ2n) is 11.5. The number of benzene rings is 1. The molecule has 210 valence electrons. The molecule has 2 aromatic rings. The maximum absolute atomic E-state index is 14.4. The van der Waals surface area contributed by atoms with Crippen molar-refractivity contribution in [1.29, 1.82) is 0 Å². The summed E-state index contributed by atoms with van der Waals surface area (Å²) in [6.07, 6.45) is 2.13. The average Bonchev–Trinajstić information content (AvgIpc) is 3.55. The van der Waals surface area contributed by atoms with Crippen LogP contribution in [0.5, 0.6) is 0 Å². The summed E-state index contributed by atoms with van der Waals surface area (Å²) in [7, 11) is 0. The number of carbonyl (C=O) groups is 2. The van der Waals surface area contributed by atoms with Crippen LogP contribution in [-0.4, -0.2) is 70.8 Å². The number of aromatic nitrogens is 2. The molecule has 1 unspecified atom stereocenters. The zero-order chi connectivity index (χ0) is 27.3. The zero-order valence-corrected chi connectivity index (χ0v) is 22.8. The predicted octanol–water partition coefficient (Wildman–Crippen LogP) is 4.64. The molecule has 0 radical (unpaired) electrons. The molecule has 4 aliphatic heterocycles. The molecule has 0 aliphatic carbocycles. The number of aryl methyl sites for hydroxylation is 1. The molecule has 8 nitrogen and oxygen atoms in total. The molecular weight excluding hydrogens is 504 g/mol. The Hall–Kier alpha value is -3.01. The monoisotopic (exact) mass is 541 g/mol. The topological polar surface area (TPSA) is 70.9 Å². The molecule has 2 saturated heterocycles. The van der Waals surface area contributed by atoms with Crippen LogP contribution in [0.1, 0.15) is 84.7 Å². The molecule has 2 fully saturated rings. The number of halogens is 2. The van der Waals surface area contributed by atoms with E-state index < -0.39 is 6.43 Å². The lowest BCUT2D eigenvalue weighted by Crippen LogP contribution is -2.36. The van der Waals surface area contributed by atoms with E-state index in [0.29, 0.717) is 70.4 Å². The molecule has 6 rings (SSSR count). The van der Waals surface area contributed by atoms with Crippen molar-refractivity contribution < 1.29 is 23.1 Å². The smallest absolute Gasteiger partial charge is 0.264 e. The minimum atomic E-state index is -2.76. The number of likely N-dealkylation sites (tertiary alicyclic amines) is 1. The van der Waals surface area contributed by atoms with E-state index in [-0.39, 0.29) is 29.0 Å². The van der Waals surface area contributed by atoms with Crippen LogP contribution in [0, 0.1) is 5.92 Å². The van der Waals surface area contributed by atoms with Crippen molar-refractivity contribution in [3.05, 3.63) is 40.1 Å². The summed E-state index contributed by atoms with van der Waals surface area (Å²) < 4.78 is 36.6. The third kappa shape index (κ3) is 4.81. The third-order valence-corrected chi connectivity index (χ3v) is 8.85. The van der Waals surface area contributed by atoms with Gasteiger partial charge in [0.1, 0.15) is 0 Å². The minimum Gasteiger partial charge on any atom is -0.381 e. The minimum absolute atomic E-state index is 0.0174. The van der Waals surface area contributed by atoms with Crippen LogP contribution in [-0.2, 0) is 28.9 Å². The molecule has 10 heteroatoms. The highest BCUT2D eigenvalue weighted by Crippen LogP contribution is 2.42. The Morgan fingerprint density at radius 1 is 1.05 bits per heavy atom. The standard InChI is InChI=1S/C29H37F2N5O3/c1-18-5-10-34(16-18)29(38)23-14-20-4-3-9-35(26(20)15-22(23)27(30)31)28-24-17-33(19(2)37)11-6-25(24)36(32-28)21-7-12-39-13-8-21/h14-15,18,21,27H,3-13,16-17H2,1-2H3. The number of alkyl halides is 2. The average molecular weight is 542 g/mol. The molecular formula is C29H37F2N5O3. The lowest BCUT2D eigenvalue weighted by atomic mass is 9.94. The summed E-state index contributed by atoms with van der Waals surface area (Å²) in [6, 6.07) is 3.45. The predicted molar refractivity (Wildman–Crippen MR) is 143 cm³/mol. The number of hydrogen-bond acceptors (Lipinski definition) is 5.